The first-order chi connectivity index (χ1) is 15.9. The van der Waals surface area contributed by atoms with Crippen LogP contribution in [0.15, 0.2) is 45.6 Å². The van der Waals surface area contributed by atoms with Crippen LogP contribution in [0.3, 0.4) is 0 Å². The molecule has 0 fully saturated rings. The molecular weight excluding hydrogens is 464 g/mol. The number of nitrogens with zero attached hydrogens (tertiary/aromatic N) is 2. The summed E-state index contributed by atoms with van der Waals surface area (Å²) >= 11 is 7.34. The highest BCUT2D eigenvalue weighted by Gasteiger charge is 2.15. The van der Waals surface area contributed by atoms with Gasteiger partial charge in [0.1, 0.15) is 22.7 Å². The molecule has 3 aromatic rings. The molecule has 0 saturated carbocycles. The predicted molar refractivity (Wildman–Crippen MR) is 130 cm³/mol. The van der Waals surface area contributed by atoms with E-state index in [2.05, 4.69) is 0 Å². The lowest BCUT2D eigenvalue weighted by Gasteiger charge is -2.18. The van der Waals surface area contributed by atoms with Crippen LogP contribution in [-0.4, -0.2) is 41.0 Å². The lowest BCUT2D eigenvalue weighted by molar-refractivity contribution is -0.135. The molecule has 0 saturated heterocycles. The fourth-order valence-corrected chi connectivity index (χ4v) is 4.49. The molecule has 0 unspecified atom stereocenters. The Kier molecular flexibility index (Phi) is 8.30. The van der Waals surface area contributed by atoms with E-state index in [1.807, 2.05) is 32.0 Å². The van der Waals surface area contributed by atoms with Gasteiger partial charge in [-0.05, 0) is 45.0 Å². The Balaban J connectivity index is 2.06. The summed E-state index contributed by atoms with van der Waals surface area (Å²) in [6, 6.07) is 10.8. The van der Waals surface area contributed by atoms with E-state index in [1.54, 1.807) is 36.1 Å². The Bertz CT molecular complexity index is 1320. The standard InChI is InChI=1S/C24H25ClN2O5S/c1-4-26(5-2)21(28)15-27-22(14-23(29)31-6-3)33-20(24(27)30)13-16-11-12-19(32-16)17-9-7-8-10-18(17)25/h7-14H,4-6,15H2,1-3H3/b20-13-,22-14-. The van der Waals surface area contributed by atoms with Crippen molar-refractivity contribution in [2.24, 2.45) is 0 Å². The van der Waals surface area contributed by atoms with E-state index in [9.17, 15) is 14.4 Å². The molecule has 3 rings (SSSR count). The lowest BCUT2D eigenvalue weighted by Crippen LogP contribution is -2.40. The normalized spacial score (nSPS) is 12.2. The van der Waals surface area contributed by atoms with Crippen molar-refractivity contribution in [2.75, 3.05) is 19.7 Å². The van der Waals surface area contributed by atoms with Crippen molar-refractivity contribution in [3.63, 3.8) is 0 Å². The van der Waals surface area contributed by atoms with Crippen LogP contribution in [0.1, 0.15) is 26.5 Å². The van der Waals surface area contributed by atoms with Crippen LogP contribution in [0.25, 0.3) is 23.5 Å². The average molecular weight is 489 g/mol. The number of esters is 1. The third-order valence-corrected chi connectivity index (χ3v) is 6.30. The Morgan fingerprint density at radius 3 is 2.55 bits per heavy atom. The maximum Gasteiger partial charge on any atom is 0.333 e. The van der Waals surface area contributed by atoms with Crippen LogP contribution >= 0.6 is 22.9 Å². The summed E-state index contributed by atoms with van der Waals surface area (Å²) in [5.74, 6) is 0.240. The fraction of sp³-hybridized carbons (Fsp3) is 0.292. The first-order valence-corrected chi connectivity index (χ1v) is 11.8. The molecule has 2 aromatic heterocycles. The number of halogens is 1. The van der Waals surface area contributed by atoms with Gasteiger partial charge < -0.3 is 14.1 Å². The number of rotatable bonds is 8. The lowest BCUT2D eigenvalue weighted by atomic mass is 10.2. The Morgan fingerprint density at radius 1 is 1.15 bits per heavy atom. The summed E-state index contributed by atoms with van der Waals surface area (Å²) < 4.78 is 12.8. The van der Waals surface area contributed by atoms with Gasteiger partial charge in [-0.3, -0.25) is 14.2 Å². The molecule has 0 bridgehead atoms. The zero-order chi connectivity index (χ0) is 24.0. The van der Waals surface area contributed by atoms with Gasteiger partial charge in [-0.25, -0.2) is 4.79 Å². The smallest absolute Gasteiger partial charge is 0.333 e. The van der Waals surface area contributed by atoms with Gasteiger partial charge in [0.05, 0.1) is 22.2 Å². The molecule has 0 aliphatic carbocycles. The number of likely N-dealkylation sites (N-methyl/N-ethyl adjacent to an activating group) is 1. The number of benzene rings is 1. The molecule has 0 atom stereocenters. The van der Waals surface area contributed by atoms with E-state index in [0.29, 0.717) is 38.8 Å². The Morgan fingerprint density at radius 2 is 1.88 bits per heavy atom. The number of furan rings is 1. The highest BCUT2D eigenvalue weighted by molar-refractivity contribution is 7.07. The summed E-state index contributed by atoms with van der Waals surface area (Å²) in [5.41, 5.74) is 0.357. The number of ether oxygens (including phenoxy) is 1. The molecule has 1 amide bonds. The van der Waals surface area contributed by atoms with E-state index in [0.717, 1.165) is 16.9 Å². The van der Waals surface area contributed by atoms with Crippen LogP contribution < -0.4 is 14.8 Å². The van der Waals surface area contributed by atoms with E-state index >= 15 is 0 Å². The van der Waals surface area contributed by atoms with E-state index < -0.39 is 5.97 Å². The SMILES string of the molecule is CCOC(=O)/C=c1\s/c(=C\c2ccc(-c3ccccc3Cl)o2)c(=O)n1CC(=O)N(CC)CC. The molecule has 0 aliphatic rings. The van der Waals surface area contributed by atoms with Gasteiger partial charge in [0.25, 0.3) is 5.56 Å². The molecule has 9 heteroatoms. The molecule has 0 spiro atoms. The van der Waals surface area contributed by atoms with Crippen molar-refractivity contribution in [3.05, 3.63) is 66.7 Å². The minimum absolute atomic E-state index is 0.168. The minimum Gasteiger partial charge on any atom is -0.463 e. The van der Waals surface area contributed by atoms with Gasteiger partial charge in [-0.15, -0.1) is 11.3 Å². The predicted octanol–water partition coefficient (Wildman–Crippen LogP) is 2.86. The third kappa shape index (κ3) is 5.83. The molecule has 0 N–H and O–H groups in total. The Hall–Kier alpha value is -3.10. The van der Waals surface area contributed by atoms with Crippen LogP contribution in [0, 0.1) is 0 Å². The van der Waals surface area contributed by atoms with Crippen LogP contribution in [0.5, 0.6) is 0 Å². The molecule has 174 valence electrons. The maximum atomic E-state index is 13.1. The van der Waals surface area contributed by atoms with Gasteiger partial charge in [-0.2, -0.15) is 0 Å². The number of aromatic nitrogens is 1. The molecule has 0 aliphatic heterocycles. The summed E-state index contributed by atoms with van der Waals surface area (Å²) in [7, 11) is 0. The van der Waals surface area contributed by atoms with Crippen LogP contribution in [0.2, 0.25) is 5.02 Å². The number of hydrogen-bond acceptors (Lipinski definition) is 6. The van der Waals surface area contributed by atoms with Crippen molar-refractivity contribution < 1.29 is 18.7 Å². The minimum atomic E-state index is -0.576. The molecule has 2 heterocycles. The number of carbonyl (C=O) groups is 2. The molecule has 0 radical (unpaired) electrons. The number of hydrogen-bond donors (Lipinski definition) is 0. The average Bonchev–Trinajstić information content (AvgIpc) is 3.35. The van der Waals surface area contributed by atoms with Crippen molar-refractivity contribution in [1.29, 1.82) is 0 Å². The number of thiazole rings is 1. The van der Waals surface area contributed by atoms with Gasteiger partial charge in [-0.1, -0.05) is 23.7 Å². The second kappa shape index (κ2) is 11.2. The molecular formula is C24H25ClN2O5S. The maximum absolute atomic E-state index is 13.1. The number of carbonyl (C=O) groups excluding carboxylic acids is 2. The summed E-state index contributed by atoms with van der Waals surface area (Å²) in [6.07, 6.45) is 2.83. The van der Waals surface area contributed by atoms with Crippen molar-refractivity contribution in [2.45, 2.75) is 27.3 Å². The second-order valence-corrected chi connectivity index (χ2v) is 8.45. The second-order valence-electron chi connectivity index (χ2n) is 6.98. The summed E-state index contributed by atoms with van der Waals surface area (Å²) in [6.45, 7) is 6.54. The zero-order valence-corrected chi connectivity index (χ0v) is 20.2. The first kappa shape index (κ1) is 24.5. The monoisotopic (exact) mass is 488 g/mol. The molecule has 7 nitrogen and oxygen atoms in total. The van der Waals surface area contributed by atoms with Gasteiger partial charge in [0.2, 0.25) is 5.91 Å². The summed E-state index contributed by atoms with van der Waals surface area (Å²) in [5, 5.41) is 0.554. The highest BCUT2D eigenvalue weighted by Crippen LogP contribution is 2.29. The van der Waals surface area contributed by atoms with Crippen LogP contribution in [0.4, 0.5) is 0 Å². The van der Waals surface area contributed by atoms with Gasteiger partial charge in [0, 0.05) is 24.7 Å². The molecule has 1 aromatic carbocycles. The third-order valence-electron chi connectivity index (χ3n) is 4.91. The fourth-order valence-electron chi connectivity index (χ4n) is 3.25. The van der Waals surface area contributed by atoms with Gasteiger partial charge >= 0.3 is 5.97 Å². The van der Waals surface area contributed by atoms with Gasteiger partial charge in [0.15, 0.2) is 0 Å². The van der Waals surface area contributed by atoms with E-state index in [1.165, 1.54) is 10.6 Å². The molecule has 33 heavy (non-hydrogen) atoms. The largest absolute Gasteiger partial charge is 0.463 e. The summed E-state index contributed by atoms with van der Waals surface area (Å²) in [4.78, 5) is 39.5. The van der Waals surface area contributed by atoms with Crippen molar-refractivity contribution in [1.82, 2.24) is 9.47 Å². The van der Waals surface area contributed by atoms with E-state index in [4.69, 9.17) is 20.8 Å². The van der Waals surface area contributed by atoms with Crippen LogP contribution in [-0.2, 0) is 20.9 Å². The van der Waals surface area contributed by atoms with E-state index in [-0.39, 0.29) is 24.6 Å². The highest BCUT2D eigenvalue weighted by atomic mass is 35.5. The zero-order valence-electron chi connectivity index (χ0n) is 18.7. The van der Waals surface area contributed by atoms with Crippen molar-refractivity contribution >= 4 is 47.0 Å². The van der Waals surface area contributed by atoms with Crippen molar-refractivity contribution in [3.8, 4) is 11.3 Å². The number of amides is 1. The Labute approximate surface area is 200 Å². The first-order valence-electron chi connectivity index (χ1n) is 10.6. The topological polar surface area (TPSA) is 81.7 Å². The quantitative estimate of drug-likeness (QED) is 0.455.